The number of hydrogen-bond acceptors (Lipinski definition) is 15. The SMILES string of the molecule is C/C=C/C[C@@H](C)[C@@H](O)C1C(=O)NC(CC)C(=O)N(C)C(SCCN(C)C)C(=O)N(C)C(CC(C)(C)O)C(=O)NC(C(C)C)C(=O)N(C)C(CC(C)C)C(=O)NC(C)C(=O)NC(C)C(=O)N(C)C(CC(C)C)C(=O)N(C)C(CC(C)C)C(=O)N(C)C(C(C)C)C(=O)N1C. The van der Waals surface area contributed by atoms with Gasteiger partial charge in [0.05, 0.1) is 11.7 Å². The molecule has 1 saturated heterocycles. The number of nitrogens with one attached hydrogen (secondary N) is 4. The zero-order chi connectivity index (χ0) is 71.5. The van der Waals surface area contributed by atoms with Crippen LogP contribution in [0.1, 0.15) is 156 Å². The molecule has 0 spiro atoms. The van der Waals surface area contributed by atoms with Crippen LogP contribution in [0, 0.1) is 35.5 Å². The van der Waals surface area contributed by atoms with Crippen molar-refractivity contribution < 1.29 is 63.0 Å². The number of aliphatic hydroxyl groups is 2. The van der Waals surface area contributed by atoms with Crippen molar-refractivity contribution in [2.75, 3.05) is 75.7 Å². The average Bonchev–Trinajstić information content (AvgIpc) is 0.830. The van der Waals surface area contributed by atoms with Gasteiger partial charge in [0.1, 0.15) is 60.4 Å². The summed E-state index contributed by atoms with van der Waals surface area (Å²) in [5.74, 6) is -10.1. The van der Waals surface area contributed by atoms with Crippen molar-refractivity contribution in [3.63, 3.8) is 0 Å². The summed E-state index contributed by atoms with van der Waals surface area (Å²) in [5.41, 5.74) is -1.58. The second-order valence-corrected chi connectivity index (χ2v) is 29.4. The van der Waals surface area contributed by atoms with Crippen molar-refractivity contribution in [3.8, 4) is 0 Å². The van der Waals surface area contributed by atoms with Crippen molar-refractivity contribution in [2.24, 2.45) is 35.5 Å². The van der Waals surface area contributed by atoms with Crippen LogP contribution < -0.4 is 21.3 Å². The predicted molar refractivity (Wildman–Crippen MR) is 360 cm³/mol. The fraction of sp³-hybridized carbons (Fsp3) is 0.803. The fourth-order valence-electron chi connectivity index (χ4n) is 11.2. The van der Waals surface area contributed by atoms with Gasteiger partial charge in [0, 0.05) is 68.1 Å². The summed E-state index contributed by atoms with van der Waals surface area (Å²) >= 11 is 1.09. The van der Waals surface area contributed by atoms with Gasteiger partial charge in [-0.1, -0.05) is 95.2 Å². The number of thioether (sulfide) groups is 1. The highest BCUT2D eigenvalue weighted by molar-refractivity contribution is 8.00. The van der Waals surface area contributed by atoms with Gasteiger partial charge in [0.15, 0.2) is 5.37 Å². The summed E-state index contributed by atoms with van der Waals surface area (Å²) in [6.07, 6.45) is 2.34. The highest BCUT2D eigenvalue weighted by Gasteiger charge is 2.47. The summed E-state index contributed by atoms with van der Waals surface area (Å²) < 4.78 is 0. The molecule has 92 heavy (non-hydrogen) atoms. The van der Waals surface area contributed by atoms with Crippen molar-refractivity contribution in [1.82, 2.24) is 60.5 Å². The molecule has 1 rings (SSSR count). The van der Waals surface area contributed by atoms with E-state index in [9.17, 15) is 34.2 Å². The van der Waals surface area contributed by atoms with Gasteiger partial charge in [-0.3, -0.25) is 52.7 Å². The summed E-state index contributed by atoms with van der Waals surface area (Å²) in [4.78, 5) is 174. The van der Waals surface area contributed by atoms with Gasteiger partial charge in [-0.25, -0.2) is 0 Å². The summed E-state index contributed by atoms with van der Waals surface area (Å²) in [6.45, 7) is 29.3. The lowest BCUT2D eigenvalue weighted by molar-refractivity contribution is -0.157. The molecule has 0 aromatic rings. The van der Waals surface area contributed by atoms with Gasteiger partial charge < -0.3 is 70.7 Å². The minimum atomic E-state index is -1.66. The molecule has 1 heterocycles. The molecule has 0 aliphatic carbocycles. The number of amides is 11. The van der Waals surface area contributed by atoms with Crippen LogP contribution in [0.3, 0.4) is 0 Å². The standard InChI is InChI=1S/C66H120N12O13S/c1-27-29-30-42(13)53(79)52-57(83)69-45(28-2)59(85)78(26)65(92-32-31-71(18)19)64(90)75(23)49(36-66(16,17)91)56(82)70-50(40(9)10)62(88)72(20)46(33-37(3)4)55(81)67-43(14)54(80)68-44(15)58(84)73(21)47(34-38(5)6)60(86)74(22)48(35-39(7)8)61(87)76(24)51(41(11)12)63(89)77(52)25/h27,29,37-53,65,79,91H,28,30-36H2,1-26H3,(H,67,81)(H,68,80)(H,69,83)(H,70,82)/b29-27+/t42-,43?,44?,45?,46?,47?,48?,49?,50?,51?,52?,53-,65?/m1/s1. The molecule has 0 saturated carbocycles. The van der Waals surface area contributed by atoms with E-state index in [0.717, 1.165) is 26.5 Å². The van der Waals surface area contributed by atoms with Crippen LogP contribution in [0.4, 0.5) is 0 Å². The molecule has 11 amide bonds. The maximum atomic E-state index is 15.3. The lowest BCUT2D eigenvalue weighted by atomic mass is 9.91. The second kappa shape index (κ2) is 37.9. The first-order valence-electron chi connectivity index (χ1n) is 32.7. The van der Waals surface area contributed by atoms with Crippen molar-refractivity contribution in [3.05, 3.63) is 12.2 Å². The third-order valence-electron chi connectivity index (χ3n) is 17.0. The first-order valence-corrected chi connectivity index (χ1v) is 33.7. The Hall–Kier alpha value is -5.86. The number of likely N-dealkylation sites (N-methyl/N-ethyl adjacent to an activating group) is 7. The topological polar surface area (TPSA) is 302 Å². The molecular formula is C66H120N12O13S. The van der Waals surface area contributed by atoms with Gasteiger partial charge in [0.25, 0.3) is 5.91 Å². The van der Waals surface area contributed by atoms with Crippen LogP contribution in [-0.4, -0.2) is 268 Å². The smallest absolute Gasteiger partial charge is 0.256 e. The molecule has 0 radical (unpaired) electrons. The van der Waals surface area contributed by atoms with E-state index in [4.69, 9.17) is 0 Å². The van der Waals surface area contributed by atoms with Crippen molar-refractivity contribution in [1.29, 1.82) is 0 Å². The molecule has 1 aliphatic rings. The molecule has 6 N–H and O–H groups in total. The van der Waals surface area contributed by atoms with E-state index in [2.05, 4.69) is 21.3 Å². The normalized spacial score (nSPS) is 26.8. The molecular weight excluding hydrogens is 1200 g/mol. The van der Waals surface area contributed by atoms with Crippen LogP contribution >= 0.6 is 11.8 Å². The van der Waals surface area contributed by atoms with Crippen LogP contribution in [0.15, 0.2) is 12.2 Å². The van der Waals surface area contributed by atoms with E-state index in [1.54, 1.807) is 60.6 Å². The van der Waals surface area contributed by atoms with Crippen molar-refractivity contribution in [2.45, 2.75) is 234 Å². The quantitative estimate of drug-likeness (QED) is 0.101. The Morgan fingerprint density at radius 1 is 0.522 bits per heavy atom. The summed E-state index contributed by atoms with van der Waals surface area (Å²) in [6, 6.07) is -13.1. The first-order chi connectivity index (χ1) is 42.3. The zero-order valence-electron chi connectivity index (χ0n) is 60.6. The summed E-state index contributed by atoms with van der Waals surface area (Å²) in [7, 11) is 13.5. The largest absolute Gasteiger partial charge is 0.390 e. The maximum absolute atomic E-state index is 15.3. The van der Waals surface area contributed by atoms with Crippen LogP contribution in [0.25, 0.3) is 0 Å². The molecule has 1 fully saturated rings. The predicted octanol–water partition coefficient (Wildman–Crippen LogP) is 3.00. The Kier molecular flexibility index (Phi) is 34.7. The Morgan fingerprint density at radius 3 is 1.42 bits per heavy atom. The van der Waals surface area contributed by atoms with Gasteiger partial charge in [-0.15, -0.1) is 11.8 Å². The maximum Gasteiger partial charge on any atom is 0.256 e. The highest BCUT2D eigenvalue weighted by atomic mass is 32.2. The van der Waals surface area contributed by atoms with Gasteiger partial charge >= 0.3 is 0 Å². The molecule has 13 atom stereocenters. The van der Waals surface area contributed by atoms with Crippen LogP contribution in [0.2, 0.25) is 0 Å². The number of nitrogens with zero attached hydrogens (tertiary/aromatic N) is 8. The Balaban J connectivity index is 4.55. The average molecular weight is 1320 g/mol. The minimum Gasteiger partial charge on any atom is -0.390 e. The molecule has 0 aromatic carbocycles. The lowest BCUT2D eigenvalue weighted by Crippen LogP contribution is -2.64. The lowest BCUT2D eigenvalue weighted by Gasteiger charge is -2.41. The monoisotopic (exact) mass is 1320 g/mol. The van der Waals surface area contributed by atoms with E-state index in [0.29, 0.717) is 12.3 Å². The first kappa shape index (κ1) is 84.2. The molecule has 0 bridgehead atoms. The number of aliphatic hydroxyl groups excluding tert-OH is 1. The number of allylic oxidation sites excluding steroid dienone is 2. The molecule has 26 heteroatoms. The third-order valence-corrected chi connectivity index (χ3v) is 18.3. The Labute approximate surface area is 555 Å². The number of hydrogen-bond donors (Lipinski definition) is 6. The second-order valence-electron chi connectivity index (χ2n) is 28.2. The number of carbonyl (C=O) groups is 11. The summed E-state index contributed by atoms with van der Waals surface area (Å²) in [5, 5.41) is 33.2. The Bertz CT molecular complexity index is 2520. The molecule has 25 nitrogen and oxygen atoms in total. The minimum absolute atomic E-state index is 0.0323. The van der Waals surface area contributed by atoms with E-state index in [1.165, 1.54) is 96.6 Å². The molecule has 528 valence electrons. The van der Waals surface area contributed by atoms with E-state index in [-0.39, 0.29) is 56.3 Å². The number of carbonyl (C=O) groups excluding carboxylic acids is 11. The molecule has 1 aliphatic heterocycles. The number of rotatable bonds is 19. The van der Waals surface area contributed by atoms with E-state index < -0.39 is 160 Å². The van der Waals surface area contributed by atoms with Crippen LogP contribution in [-0.2, 0) is 52.7 Å². The highest BCUT2D eigenvalue weighted by Crippen LogP contribution is 2.28. The molecule has 11 unspecified atom stereocenters. The van der Waals surface area contributed by atoms with Crippen molar-refractivity contribution >= 4 is 76.7 Å². The third kappa shape index (κ3) is 24.2. The Morgan fingerprint density at radius 2 is 0.967 bits per heavy atom. The van der Waals surface area contributed by atoms with Crippen LogP contribution in [0.5, 0.6) is 0 Å². The fourth-order valence-corrected chi connectivity index (χ4v) is 12.6. The van der Waals surface area contributed by atoms with Gasteiger partial charge in [-0.2, -0.15) is 0 Å². The van der Waals surface area contributed by atoms with Gasteiger partial charge in [0.2, 0.25) is 59.1 Å². The zero-order valence-corrected chi connectivity index (χ0v) is 61.4. The van der Waals surface area contributed by atoms with E-state index >= 15 is 28.8 Å². The van der Waals surface area contributed by atoms with E-state index in [1.807, 2.05) is 60.5 Å². The molecule has 0 aromatic heterocycles. The van der Waals surface area contributed by atoms with Gasteiger partial charge in [-0.05, 0) is 116 Å².